The zero-order valence-corrected chi connectivity index (χ0v) is 23.6. The van der Waals surface area contributed by atoms with Gasteiger partial charge in [-0.25, -0.2) is 9.97 Å². The SMILES string of the molecule is Cl.Cl.Cl.O=C(NC1CC1)c1cccc2sc(-c3nc(NCCN4C[C@H]5CNC[C@H]5C4)ncc3Cl)cc12. The van der Waals surface area contributed by atoms with Gasteiger partial charge in [0, 0.05) is 47.9 Å². The van der Waals surface area contributed by atoms with E-state index < -0.39 is 0 Å². The molecule has 0 radical (unpaired) electrons. The fourth-order valence-electron chi connectivity index (χ4n) is 4.95. The summed E-state index contributed by atoms with van der Waals surface area (Å²) in [6.45, 7) is 6.42. The number of hydrogen-bond donors (Lipinski definition) is 3. The van der Waals surface area contributed by atoms with Crippen molar-refractivity contribution in [2.75, 3.05) is 44.6 Å². The molecular formula is C24H30Cl4N6OS. The number of nitrogens with one attached hydrogen (secondary N) is 3. The van der Waals surface area contributed by atoms with E-state index in [-0.39, 0.29) is 43.1 Å². The van der Waals surface area contributed by atoms with E-state index in [2.05, 4.69) is 25.8 Å². The van der Waals surface area contributed by atoms with Crippen molar-refractivity contribution in [2.45, 2.75) is 18.9 Å². The van der Waals surface area contributed by atoms with Crippen molar-refractivity contribution in [2.24, 2.45) is 11.8 Å². The van der Waals surface area contributed by atoms with Gasteiger partial charge in [-0.2, -0.15) is 0 Å². The number of carbonyl (C=O) groups excluding carboxylic acids is 1. The highest BCUT2D eigenvalue weighted by Gasteiger charge is 2.35. The van der Waals surface area contributed by atoms with Crippen LogP contribution in [0, 0.1) is 11.8 Å². The first-order valence-corrected chi connectivity index (χ1v) is 12.9. The molecule has 3 aromatic rings. The summed E-state index contributed by atoms with van der Waals surface area (Å²) >= 11 is 8.09. The number of hydrogen-bond acceptors (Lipinski definition) is 7. The van der Waals surface area contributed by atoms with Crippen molar-refractivity contribution in [1.82, 2.24) is 25.5 Å². The summed E-state index contributed by atoms with van der Waals surface area (Å²) in [5, 5.41) is 11.4. The van der Waals surface area contributed by atoms with Crippen molar-refractivity contribution >= 4 is 82.1 Å². The van der Waals surface area contributed by atoms with Gasteiger partial charge in [-0.3, -0.25) is 4.79 Å². The summed E-state index contributed by atoms with van der Waals surface area (Å²) in [6, 6.07) is 8.20. The van der Waals surface area contributed by atoms with Crippen LogP contribution in [0.15, 0.2) is 30.5 Å². The number of benzene rings is 1. The van der Waals surface area contributed by atoms with Crippen LogP contribution in [0.5, 0.6) is 0 Å². The number of anilines is 1. The largest absolute Gasteiger partial charge is 0.353 e. The van der Waals surface area contributed by atoms with Crippen LogP contribution in [0.25, 0.3) is 20.7 Å². The molecule has 7 nitrogen and oxygen atoms in total. The van der Waals surface area contributed by atoms with Crippen LogP contribution in [0.1, 0.15) is 23.2 Å². The summed E-state index contributed by atoms with van der Waals surface area (Å²) in [5.74, 6) is 2.17. The maximum atomic E-state index is 12.7. The monoisotopic (exact) mass is 590 g/mol. The van der Waals surface area contributed by atoms with E-state index >= 15 is 0 Å². The maximum absolute atomic E-state index is 12.7. The van der Waals surface area contributed by atoms with Crippen LogP contribution in [-0.4, -0.2) is 66.1 Å². The lowest BCUT2D eigenvalue weighted by molar-refractivity contribution is 0.0953. The van der Waals surface area contributed by atoms with E-state index in [9.17, 15) is 4.79 Å². The predicted molar refractivity (Wildman–Crippen MR) is 155 cm³/mol. The third kappa shape index (κ3) is 6.18. The molecule has 1 amide bonds. The standard InChI is InChI=1S/C24H27ClN6OS.3ClH/c25-19-11-28-24(27-6-7-31-12-14-9-26-10-15(14)13-31)30-22(19)21-8-18-17(2-1-3-20(18)33-21)23(32)29-16-4-5-16;;;/h1-3,8,11,14-16,26H,4-7,9-10,12-13H2,(H,29,32)(H,27,28,30);3*1H/t14-,15+;;;. The first kappa shape index (κ1) is 29.2. The van der Waals surface area contributed by atoms with E-state index in [0.717, 1.165) is 65.8 Å². The molecule has 6 rings (SSSR count). The normalized spacial score (nSPS) is 20.7. The molecule has 1 aromatic carbocycles. The third-order valence-corrected chi connectivity index (χ3v) is 8.26. The fourth-order valence-corrected chi connectivity index (χ4v) is 6.29. The Morgan fingerprint density at radius 3 is 2.64 bits per heavy atom. The molecule has 196 valence electrons. The van der Waals surface area contributed by atoms with E-state index in [1.54, 1.807) is 17.5 Å². The molecule has 1 saturated carbocycles. The minimum Gasteiger partial charge on any atom is -0.353 e. The van der Waals surface area contributed by atoms with Crippen LogP contribution in [0.4, 0.5) is 5.95 Å². The minimum atomic E-state index is -0.00887. The van der Waals surface area contributed by atoms with E-state index in [4.69, 9.17) is 16.6 Å². The highest BCUT2D eigenvalue weighted by Crippen LogP contribution is 2.37. The van der Waals surface area contributed by atoms with E-state index in [1.165, 1.54) is 13.1 Å². The minimum absolute atomic E-state index is 0. The van der Waals surface area contributed by atoms with Gasteiger partial charge in [-0.1, -0.05) is 17.7 Å². The van der Waals surface area contributed by atoms with Crippen LogP contribution < -0.4 is 16.0 Å². The fraction of sp³-hybridized carbons (Fsp3) is 0.458. The zero-order valence-electron chi connectivity index (χ0n) is 19.5. The van der Waals surface area contributed by atoms with Gasteiger partial charge in [0.05, 0.1) is 16.1 Å². The lowest BCUT2D eigenvalue weighted by Crippen LogP contribution is -2.30. The second-order valence-electron chi connectivity index (χ2n) is 9.33. The molecule has 3 fully saturated rings. The van der Waals surface area contributed by atoms with E-state index in [1.807, 2.05) is 24.3 Å². The van der Waals surface area contributed by atoms with Gasteiger partial charge < -0.3 is 20.9 Å². The van der Waals surface area contributed by atoms with Crippen LogP contribution in [-0.2, 0) is 0 Å². The van der Waals surface area contributed by atoms with E-state index in [0.29, 0.717) is 28.3 Å². The van der Waals surface area contributed by atoms with Crippen molar-refractivity contribution in [3.8, 4) is 10.6 Å². The molecule has 2 atom stereocenters. The van der Waals surface area contributed by atoms with Crippen molar-refractivity contribution < 1.29 is 4.79 Å². The number of carbonyl (C=O) groups is 1. The lowest BCUT2D eigenvalue weighted by Gasteiger charge is -2.17. The smallest absolute Gasteiger partial charge is 0.252 e. The Bertz CT molecular complexity index is 1190. The molecule has 2 aromatic heterocycles. The first-order valence-electron chi connectivity index (χ1n) is 11.7. The molecule has 36 heavy (non-hydrogen) atoms. The number of aromatic nitrogens is 2. The molecule has 1 aliphatic carbocycles. The van der Waals surface area contributed by atoms with Gasteiger partial charge in [0.15, 0.2) is 0 Å². The number of likely N-dealkylation sites (tertiary alicyclic amines) is 1. The van der Waals surface area contributed by atoms with Crippen molar-refractivity contribution in [3.05, 3.63) is 41.0 Å². The molecule has 3 aliphatic rings. The summed E-state index contributed by atoms with van der Waals surface area (Å²) in [5.41, 5.74) is 1.40. The number of rotatable bonds is 7. The maximum Gasteiger partial charge on any atom is 0.252 e. The average molecular weight is 592 g/mol. The highest BCUT2D eigenvalue weighted by atomic mass is 35.5. The number of nitrogens with zero attached hydrogens (tertiary/aromatic N) is 3. The summed E-state index contributed by atoms with van der Waals surface area (Å²) in [7, 11) is 0. The zero-order chi connectivity index (χ0) is 22.4. The molecular weight excluding hydrogens is 562 g/mol. The number of fused-ring (bicyclic) bond motifs is 2. The summed E-state index contributed by atoms with van der Waals surface area (Å²) in [4.78, 5) is 25.3. The lowest BCUT2D eigenvalue weighted by atomic mass is 10.0. The topological polar surface area (TPSA) is 82.2 Å². The summed E-state index contributed by atoms with van der Waals surface area (Å²) < 4.78 is 1.05. The summed E-state index contributed by atoms with van der Waals surface area (Å²) in [6.07, 6.45) is 3.79. The highest BCUT2D eigenvalue weighted by molar-refractivity contribution is 7.22. The Labute approximate surface area is 238 Å². The molecule has 0 bridgehead atoms. The van der Waals surface area contributed by atoms with Crippen molar-refractivity contribution in [3.63, 3.8) is 0 Å². The molecule has 4 heterocycles. The average Bonchev–Trinajstić information content (AvgIpc) is 3.18. The van der Waals surface area contributed by atoms with Crippen molar-refractivity contribution in [1.29, 1.82) is 0 Å². The van der Waals surface area contributed by atoms with Gasteiger partial charge in [0.2, 0.25) is 5.95 Å². The molecule has 0 spiro atoms. The van der Waals surface area contributed by atoms with Crippen LogP contribution in [0.3, 0.4) is 0 Å². The molecule has 2 saturated heterocycles. The second kappa shape index (κ2) is 12.4. The molecule has 2 aliphatic heterocycles. The Morgan fingerprint density at radius 1 is 1.17 bits per heavy atom. The molecule has 3 N–H and O–H groups in total. The molecule has 12 heteroatoms. The first-order chi connectivity index (χ1) is 16.1. The predicted octanol–water partition coefficient (Wildman–Crippen LogP) is 4.73. The Morgan fingerprint density at radius 2 is 1.92 bits per heavy atom. The Hall–Kier alpha value is -1.39. The Kier molecular flexibility index (Phi) is 10.1. The van der Waals surface area contributed by atoms with Gasteiger partial charge in [0.25, 0.3) is 5.91 Å². The molecule has 0 unspecified atom stereocenters. The number of halogens is 4. The quantitative estimate of drug-likeness (QED) is 0.368. The third-order valence-electron chi connectivity index (χ3n) is 6.87. The van der Waals surface area contributed by atoms with Gasteiger partial charge in [0.1, 0.15) is 5.69 Å². The van der Waals surface area contributed by atoms with Crippen LogP contribution in [0.2, 0.25) is 5.02 Å². The Balaban J connectivity index is 0.00000120. The van der Waals surface area contributed by atoms with Crippen LogP contribution >= 0.6 is 60.2 Å². The van der Waals surface area contributed by atoms with Gasteiger partial charge >= 0.3 is 0 Å². The van der Waals surface area contributed by atoms with Gasteiger partial charge in [-0.15, -0.1) is 48.6 Å². The number of amides is 1. The number of thiophene rings is 1. The van der Waals surface area contributed by atoms with Gasteiger partial charge in [-0.05, 0) is 56.0 Å². The second-order valence-corrected chi connectivity index (χ2v) is 10.8.